The van der Waals surface area contributed by atoms with Gasteiger partial charge in [-0.2, -0.15) is 0 Å². The van der Waals surface area contributed by atoms with Crippen molar-refractivity contribution in [2.75, 3.05) is 28.2 Å². The average molecular weight is 228 g/mol. The Morgan fingerprint density at radius 1 is 1.06 bits per heavy atom. The lowest BCUT2D eigenvalue weighted by molar-refractivity contribution is -0.849. The summed E-state index contributed by atoms with van der Waals surface area (Å²) >= 11 is 0. The second-order valence-electron chi connectivity index (χ2n) is 4.66. The van der Waals surface area contributed by atoms with Crippen LogP contribution in [0, 0.1) is 0 Å². The molecule has 1 rings (SSSR count). The van der Waals surface area contributed by atoms with Crippen molar-refractivity contribution < 1.29 is 24.6 Å². The summed E-state index contributed by atoms with van der Waals surface area (Å²) in [5, 5.41) is 26.3. The third-order valence-electron chi connectivity index (χ3n) is 1.23. The maximum Gasteiger partial charge on any atom is 0.343 e. The standard InChI is InChI=1S/C7H6O4.C4H12N/c8-4-2-1-3-5(9)6(4)7(10)11;1-5(2,3)4/h1-3,8-9H,(H,10,11);1-4H3/q;+1. The highest BCUT2D eigenvalue weighted by atomic mass is 16.4. The van der Waals surface area contributed by atoms with Gasteiger partial charge >= 0.3 is 5.97 Å². The van der Waals surface area contributed by atoms with Crippen LogP contribution < -0.4 is 0 Å². The average Bonchev–Trinajstić information content (AvgIpc) is 1.99. The fraction of sp³-hybridized carbons (Fsp3) is 0.364. The van der Waals surface area contributed by atoms with Crippen LogP contribution >= 0.6 is 0 Å². The van der Waals surface area contributed by atoms with Gasteiger partial charge in [-0.25, -0.2) is 4.79 Å². The van der Waals surface area contributed by atoms with Gasteiger partial charge in [-0.1, -0.05) is 6.07 Å². The topological polar surface area (TPSA) is 77.8 Å². The monoisotopic (exact) mass is 228 g/mol. The summed E-state index contributed by atoms with van der Waals surface area (Å²) < 4.78 is 1.00. The number of quaternary nitrogens is 1. The number of phenols is 2. The quantitative estimate of drug-likeness (QED) is 0.629. The summed E-state index contributed by atoms with van der Waals surface area (Å²) in [5.74, 6) is -2.21. The Balaban J connectivity index is 0.000000385. The van der Waals surface area contributed by atoms with E-state index in [-0.39, 0.29) is 0 Å². The van der Waals surface area contributed by atoms with Crippen LogP contribution in [0.1, 0.15) is 10.4 Å². The fourth-order valence-corrected chi connectivity index (χ4v) is 0.747. The molecule has 1 aromatic rings. The van der Waals surface area contributed by atoms with Crippen molar-refractivity contribution in [1.82, 2.24) is 0 Å². The first kappa shape index (κ1) is 14.2. The van der Waals surface area contributed by atoms with Crippen molar-refractivity contribution in [3.63, 3.8) is 0 Å². The van der Waals surface area contributed by atoms with Crippen LogP contribution in [0.4, 0.5) is 0 Å². The van der Waals surface area contributed by atoms with Gasteiger partial charge in [0.05, 0.1) is 28.2 Å². The largest absolute Gasteiger partial charge is 0.507 e. The molecule has 0 amide bonds. The molecule has 16 heavy (non-hydrogen) atoms. The summed E-state index contributed by atoms with van der Waals surface area (Å²) in [4.78, 5) is 10.3. The first-order valence-electron chi connectivity index (χ1n) is 4.66. The first-order chi connectivity index (χ1) is 7.13. The molecule has 0 atom stereocenters. The van der Waals surface area contributed by atoms with Crippen molar-refractivity contribution in [1.29, 1.82) is 0 Å². The van der Waals surface area contributed by atoms with E-state index in [0.29, 0.717) is 0 Å². The van der Waals surface area contributed by atoms with Gasteiger partial charge in [-0.05, 0) is 12.1 Å². The highest BCUT2D eigenvalue weighted by molar-refractivity contribution is 5.93. The Morgan fingerprint density at radius 3 is 1.56 bits per heavy atom. The Labute approximate surface area is 94.8 Å². The van der Waals surface area contributed by atoms with E-state index in [1.807, 2.05) is 0 Å². The number of carboxylic acid groups (broad SMARTS) is 1. The third kappa shape index (κ3) is 5.87. The molecule has 0 aromatic heterocycles. The molecule has 0 fully saturated rings. The number of hydrogen-bond acceptors (Lipinski definition) is 3. The Morgan fingerprint density at radius 2 is 1.38 bits per heavy atom. The van der Waals surface area contributed by atoms with E-state index >= 15 is 0 Å². The van der Waals surface area contributed by atoms with Crippen molar-refractivity contribution >= 4 is 5.97 Å². The molecule has 90 valence electrons. The number of carboxylic acids is 1. The van der Waals surface area contributed by atoms with Gasteiger partial charge in [-0.15, -0.1) is 0 Å². The Bertz CT molecular complexity index is 342. The number of nitrogens with zero attached hydrogens (tertiary/aromatic N) is 1. The number of carbonyl (C=O) groups is 1. The molecule has 0 aliphatic heterocycles. The van der Waals surface area contributed by atoms with Gasteiger partial charge in [0.15, 0.2) is 0 Å². The lowest BCUT2D eigenvalue weighted by Crippen LogP contribution is -2.27. The molecule has 0 bridgehead atoms. The summed E-state index contributed by atoms with van der Waals surface area (Å²) in [6.07, 6.45) is 0. The van der Waals surface area contributed by atoms with E-state index in [9.17, 15) is 4.79 Å². The molecule has 5 nitrogen and oxygen atoms in total. The summed E-state index contributed by atoms with van der Waals surface area (Å²) in [7, 11) is 8.50. The van der Waals surface area contributed by atoms with Crippen molar-refractivity contribution in [2.45, 2.75) is 0 Å². The number of hydrogen-bond donors (Lipinski definition) is 3. The van der Waals surface area contributed by atoms with E-state index in [0.717, 1.165) is 4.48 Å². The summed E-state index contributed by atoms with van der Waals surface area (Å²) in [6, 6.07) is 3.75. The minimum absolute atomic E-state index is 0.433. The van der Waals surface area contributed by atoms with Crippen LogP contribution in [0.3, 0.4) is 0 Å². The number of aromatic hydroxyl groups is 2. The molecule has 0 saturated carbocycles. The second kappa shape index (κ2) is 5.37. The van der Waals surface area contributed by atoms with Gasteiger partial charge < -0.3 is 19.8 Å². The zero-order chi connectivity index (χ0) is 12.9. The van der Waals surface area contributed by atoms with Crippen LogP contribution in [0.25, 0.3) is 0 Å². The molecule has 5 heteroatoms. The maximum absolute atomic E-state index is 10.3. The minimum atomic E-state index is -1.35. The lowest BCUT2D eigenvalue weighted by Gasteiger charge is -2.14. The molecular formula is C11H18NO4+. The highest BCUT2D eigenvalue weighted by Gasteiger charge is 2.13. The van der Waals surface area contributed by atoms with Crippen LogP contribution in [0.15, 0.2) is 18.2 Å². The normalized spacial score (nSPS) is 10.2. The molecule has 3 N–H and O–H groups in total. The van der Waals surface area contributed by atoms with Crippen LogP contribution in [0.5, 0.6) is 11.5 Å². The molecule has 0 aliphatic rings. The third-order valence-corrected chi connectivity index (χ3v) is 1.23. The van der Waals surface area contributed by atoms with Gasteiger partial charge in [0.25, 0.3) is 0 Å². The molecule has 1 aromatic carbocycles. The lowest BCUT2D eigenvalue weighted by atomic mass is 10.2. The molecule has 0 aliphatic carbocycles. The van der Waals surface area contributed by atoms with E-state index in [1.54, 1.807) is 0 Å². The van der Waals surface area contributed by atoms with Crippen molar-refractivity contribution in [2.24, 2.45) is 0 Å². The zero-order valence-corrected chi connectivity index (χ0v) is 9.93. The highest BCUT2D eigenvalue weighted by Crippen LogP contribution is 2.25. The minimum Gasteiger partial charge on any atom is -0.507 e. The van der Waals surface area contributed by atoms with Crippen molar-refractivity contribution in [3.8, 4) is 11.5 Å². The predicted octanol–water partition coefficient (Wildman–Crippen LogP) is 1.12. The van der Waals surface area contributed by atoms with Crippen LogP contribution in [0.2, 0.25) is 0 Å². The van der Waals surface area contributed by atoms with Gasteiger partial charge in [-0.3, -0.25) is 0 Å². The summed E-state index contributed by atoms with van der Waals surface area (Å²) in [5.41, 5.74) is -0.465. The van der Waals surface area contributed by atoms with E-state index in [4.69, 9.17) is 15.3 Å². The number of rotatable bonds is 1. The van der Waals surface area contributed by atoms with E-state index in [1.165, 1.54) is 18.2 Å². The second-order valence-corrected chi connectivity index (χ2v) is 4.66. The number of benzene rings is 1. The molecule has 0 spiro atoms. The molecule has 0 saturated heterocycles. The SMILES string of the molecule is C[N+](C)(C)C.O=C(O)c1c(O)cccc1O. The van der Waals surface area contributed by atoms with Crippen LogP contribution in [-0.4, -0.2) is 54.0 Å². The molecule has 0 unspecified atom stereocenters. The molecular weight excluding hydrogens is 210 g/mol. The molecule has 0 heterocycles. The fourth-order valence-electron chi connectivity index (χ4n) is 0.747. The van der Waals surface area contributed by atoms with Gasteiger partial charge in [0, 0.05) is 0 Å². The van der Waals surface area contributed by atoms with E-state index < -0.39 is 23.0 Å². The Hall–Kier alpha value is -1.75. The van der Waals surface area contributed by atoms with Crippen LogP contribution in [-0.2, 0) is 0 Å². The molecule has 0 radical (unpaired) electrons. The predicted molar refractivity (Wildman–Crippen MR) is 60.7 cm³/mol. The summed E-state index contributed by atoms with van der Waals surface area (Å²) in [6.45, 7) is 0. The smallest absolute Gasteiger partial charge is 0.343 e. The van der Waals surface area contributed by atoms with E-state index in [2.05, 4.69) is 28.2 Å². The van der Waals surface area contributed by atoms with Gasteiger partial charge in [0.2, 0.25) is 0 Å². The number of aromatic carboxylic acids is 1. The van der Waals surface area contributed by atoms with Crippen molar-refractivity contribution in [3.05, 3.63) is 23.8 Å². The van der Waals surface area contributed by atoms with Gasteiger partial charge in [0.1, 0.15) is 17.1 Å². The zero-order valence-electron chi connectivity index (χ0n) is 9.93. The maximum atomic E-state index is 10.3. The first-order valence-corrected chi connectivity index (χ1v) is 4.66. The Kier molecular flexibility index (Phi) is 4.78.